The van der Waals surface area contributed by atoms with Gasteiger partial charge in [-0.05, 0) is 41.7 Å². The molecule has 0 spiro atoms. The van der Waals surface area contributed by atoms with Crippen molar-refractivity contribution in [1.29, 1.82) is 0 Å². The first-order chi connectivity index (χ1) is 13.4. The number of ether oxygens (including phenoxy) is 3. The van der Waals surface area contributed by atoms with E-state index in [4.69, 9.17) is 25.8 Å². The van der Waals surface area contributed by atoms with Gasteiger partial charge in [-0.25, -0.2) is 0 Å². The Balaban J connectivity index is 2.34. The van der Waals surface area contributed by atoms with Crippen LogP contribution in [0.1, 0.15) is 24.5 Å². The van der Waals surface area contributed by atoms with E-state index in [0.29, 0.717) is 35.1 Å². The molecule has 2 aliphatic rings. The number of hydrogen-bond donors (Lipinski definition) is 2. The number of methoxy groups -OCH3 is 3. The molecule has 0 saturated carbocycles. The van der Waals surface area contributed by atoms with E-state index in [0.717, 1.165) is 22.3 Å². The van der Waals surface area contributed by atoms with Gasteiger partial charge in [-0.1, -0.05) is 23.8 Å². The van der Waals surface area contributed by atoms with Crippen LogP contribution in [0.3, 0.4) is 0 Å². The van der Waals surface area contributed by atoms with Crippen molar-refractivity contribution in [2.45, 2.75) is 31.9 Å². The van der Waals surface area contributed by atoms with Crippen molar-refractivity contribution in [3.05, 3.63) is 46.0 Å². The molecular formula is C21H24ClNO5. The SMILES string of the molecule is COc1cc2c(c(OC)c1OC)C1=C(C=C(Cl)[C@@H](O)C=C1)[C@@H](NC(C)=O)CC2. The van der Waals surface area contributed by atoms with Crippen LogP contribution in [-0.4, -0.2) is 44.5 Å². The van der Waals surface area contributed by atoms with Crippen molar-refractivity contribution in [2.75, 3.05) is 21.3 Å². The quantitative estimate of drug-likeness (QED) is 0.805. The molecule has 0 saturated heterocycles. The number of rotatable bonds is 4. The number of fused-ring (bicyclic) bond motifs is 2. The van der Waals surface area contributed by atoms with Gasteiger partial charge in [-0.15, -0.1) is 0 Å². The molecule has 28 heavy (non-hydrogen) atoms. The van der Waals surface area contributed by atoms with E-state index in [-0.39, 0.29) is 11.9 Å². The monoisotopic (exact) mass is 405 g/mol. The van der Waals surface area contributed by atoms with Gasteiger partial charge in [0.25, 0.3) is 0 Å². The van der Waals surface area contributed by atoms with E-state index in [1.54, 1.807) is 33.5 Å². The van der Waals surface area contributed by atoms with Crippen LogP contribution in [0.15, 0.2) is 34.9 Å². The summed E-state index contributed by atoms with van der Waals surface area (Å²) in [6.45, 7) is 1.48. The lowest BCUT2D eigenvalue weighted by atomic mass is 9.93. The highest BCUT2D eigenvalue weighted by atomic mass is 35.5. The Hall–Kier alpha value is -2.44. The van der Waals surface area contributed by atoms with Gasteiger partial charge >= 0.3 is 0 Å². The summed E-state index contributed by atoms with van der Waals surface area (Å²) >= 11 is 6.29. The second kappa shape index (κ2) is 8.29. The van der Waals surface area contributed by atoms with Crippen LogP contribution in [0.25, 0.3) is 5.57 Å². The van der Waals surface area contributed by atoms with Crippen molar-refractivity contribution in [3.8, 4) is 17.2 Å². The molecule has 0 aromatic heterocycles. The number of amides is 1. The number of halogens is 1. The lowest BCUT2D eigenvalue weighted by Crippen LogP contribution is -2.34. The molecule has 7 heteroatoms. The Kier molecular flexibility index (Phi) is 6.01. The third-order valence-corrected chi connectivity index (χ3v) is 5.30. The smallest absolute Gasteiger partial charge is 0.217 e. The predicted molar refractivity (Wildman–Crippen MR) is 108 cm³/mol. The Labute approximate surface area is 169 Å². The fraction of sp³-hybridized carbons (Fsp3) is 0.381. The zero-order valence-corrected chi connectivity index (χ0v) is 17.1. The van der Waals surface area contributed by atoms with Crippen molar-refractivity contribution in [3.63, 3.8) is 0 Å². The summed E-state index contributed by atoms with van der Waals surface area (Å²) in [5.41, 5.74) is 3.48. The average Bonchev–Trinajstić information content (AvgIpc) is 2.90. The first-order valence-corrected chi connectivity index (χ1v) is 9.35. The summed E-state index contributed by atoms with van der Waals surface area (Å²) in [6.07, 6.45) is 5.60. The Morgan fingerprint density at radius 2 is 1.93 bits per heavy atom. The van der Waals surface area contributed by atoms with Gasteiger partial charge in [0.15, 0.2) is 11.5 Å². The molecule has 150 valence electrons. The summed E-state index contributed by atoms with van der Waals surface area (Å²) in [5.74, 6) is 1.47. The lowest BCUT2D eigenvalue weighted by Gasteiger charge is -2.21. The standard InChI is InChI=1S/C21H24ClNO5/c1-11(24)23-16-7-5-12-9-18(26-2)20(27-3)21(28-4)19(12)13-6-8-17(25)15(22)10-14(13)16/h6,8-10,16-17,25H,5,7H2,1-4H3,(H,23,24)/t16-,17-/m0/s1. The number of allylic oxidation sites excluding steroid dienone is 2. The Morgan fingerprint density at radius 3 is 2.54 bits per heavy atom. The van der Waals surface area contributed by atoms with Gasteiger partial charge in [0, 0.05) is 12.5 Å². The number of aliphatic hydroxyl groups excluding tert-OH is 1. The zero-order chi connectivity index (χ0) is 20.4. The highest BCUT2D eigenvalue weighted by molar-refractivity contribution is 6.30. The first kappa shape index (κ1) is 20.3. The van der Waals surface area contributed by atoms with Gasteiger partial charge in [-0.3, -0.25) is 4.79 Å². The van der Waals surface area contributed by atoms with Gasteiger partial charge < -0.3 is 24.6 Å². The van der Waals surface area contributed by atoms with Crippen LogP contribution in [0.5, 0.6) is 17.2 Å². The number of hydrogen-bond acceptors (Lipinski definition) is 5. The summed E-state index contributed by atoms with van der Waals surface area (Å²) in [6, 6.07) is 1.67. The third kappa shape index (κ3) is 3.62. The normalized spacial score (nSPS) is 21.0. The Bertz CT molecular complexity index is 887. The van der Waals surface area contributed by atoms with Crippen molar-refractivity contribution in [1.82, 2.24) is 5.32 Å². The van der Waals surface area contributed by atoms with Crippen LogP contribution >= 0.6 is 11.6 Å². The molecule has 1 aromatic carbocycles. The molecule has 0 unspecified atom stereocenters. The number of aliphatic hydroxyl groups is 1. The van der Waals surface area contributed by atoms with Crippen molar-refractivity contribution < 1.29 is 24.1 Å². The minimum Gasteiger partial charge on any atom is -0.493 e. The van der Waals surface area contributed by atoms with Gasteiger partial charge in [-0.2, -0.15) is 0 Å². The van der Waals surface area contributed by atoms with Crippen LogP contribution < -0.4 is 19.5 Å². The van der Waals surface area contributed by atoms with Crippen molar-refractivity contribution >= 4 is 23.1 Å². The maximum Gasteiger partial charge on any atom is 0.217 e. The molecule has 2 atom stereocenters. The number of carbonyl (C=O) groups is 1. The number of aryl methyl sites for hydroxylation is 1. The summed E-state index contributed by atoms with van der Waals surface area (Å²) in [4.78, 5) is 11.8. The van der Waals surface area contributed by atoms with Crippen molar-refractivity contribution in [2.24, 2.45) is 0 Å². The molecule has 0 radical (unpaired) electrons. The fourth-order valence-electron chi connectivity index (χ4n) is 3.75. The maximum absolute atomic E-state index is 11.8. The maximum atomic E-state index is 11.8. The second-order valence-electron chi connectivity index (χ2n) is 6.67. The van der Waals surface area contributed by atoms with E-state index in [1.807, 2.05) is 12.1 Å². The largest absolute Gasteiger partial charge is 0.493 e. The minimum atomic E-state index is -0.916. The molecule has 2 aliphatic carbocycles. The van der Waals surface area contributed by atoms with E-state index >= 15 is 0 Å². The lowest BCUT2D eigenvalue weighted by molar-refractivity contribution is -0.119. The van der Waals surface area contributed by atoms with E-state index in [9.17, 15) is 9.90 Å². The predicted octanol–water partition coefficient (Wildman–Crippen LogP) is 2.97. The summed E-state index contributed by atoms with van der Waals surface area (Å²) < 4.78 is 16.8. The van der Waals surface area contributed by atoms with Gasteiger partial charge in [0.1, 0.15) is 6.10 Å². The van der Waals surface area contributed by atoms with E-state index < -0.39 is 6.10 Å². The average molecular weight is 406 g/mol. The number of nitrogens with one attached hydrogen (secondary N) is 1. The molecule has 0 bridgehead atoms. The second-order valence-corrected chi connectivity index (χ2v) is 7.11. The molecule has 0 fully saturated rings. The van der Waals surface area contributed by atoms with Crippen LogP contribution in [0.4, 0.5) is 0 Å². The van der Waals surface area contributed by atoms with Gasteiger partial charge in [0.2, 0.25) is 11.7 Å². The fourth-order valence-corrected chi connectivity index (χ4v) is 3.94. The third-order valence-electron chi connectivity index (χ3n) is 4.97. The molecule has 3 rings (SSSR count). The highest BCUT2D eigenvalue weighted by Gasteiger charge is 2.30. The molecule has 2 N–H and O–H groups in total. The van der Waals surface area contributed by atoms with Gasteiger partial charge in [0.05, 0.1) is 32.4 Å². The summed E-state index contributed by atoms with van der Waals surface area (Å²) in [7, 11) is 4.71. The zero-order valence-electron chi connectivity index (χ0n) is 16.3. The van der Waals surface area contributed by atoms with Crippen LogP contribution in [0, 0.1) is 0 Å². The molecular weight excluding hydrogens is 382 g/mol. The molecule has 6 nitrogen and oxygen atoms in total. The molecule has 0 aliphatic heterocycles. The first-order valence-electron chi connectivity index (χ1n) is 8.98. The number of benzene rings is 1. The Morgan fingerprint density at radius 1 is 1.21 bits per heavy atom. The minimum absolute atomic E-state index is 0.136. The topological polar surface area (TPSA) is 77.0 Å². The highest BCUT2D eigenvalue weighted by Crippen LogP contribution is 2.48. The summed E-state index contributed by atoms with van der Waals surface area (Å²) in [5, 5.41) is 13.5. The van der Waals surface area contributed by atoms with Crippen LogP contribution in [-0.2, 0) is 11.2 Å². The van der Waals surface area contributed by atoms with E-state index in [1.165, 1.54) is 6.92 Å². The number of carbonyl (C=O) groups excluding carboxylic acids is 1. The van der Waals surface area contributed by atoms with Crippen LogP contribution in [0.2, 0.25) is 0 Å². The molecule has 1 aromatic rings. The molecule has 1 amide bonds. The molecule has 0 heterocycles. The van der Waals surface area contributed by atoms with E-state index in [2.05, 4.69) is 5.32 Å².